The Balaban J connectivity index is 1.32. The van der Waals surface area contributed by atoms with Crippen LogP contribution in [0.5, 0.6) is 0 Å². The molecule has 0 bridgehead atoms. The Hall–Kier alpha value is -3.03. The smallest absolute Gasteiger partial charge is 0.153 e. The molecule has 2 aromatic heterocycles. The van der Waals surface area contributed by atoms with Crippen LogP contribution in [0.15, 0.2) is 41.1 Å². The number of thiazole rings is 1. The lowest BCUT2D eigenvalue weighted by atomic mass is 9.73. The Morgan fingerprint density at radius 2 is 1.87 bits per heavy atom. The van der Waals surface area contributed by atoms with Crippen LogP contribution in [0.1, 0.15) is 56.6 Å². The van der Waals surface area contributed by atoms with E-state index in [0.29, 0.717) is 25.2 Å². The normalized spacial score (nSPS) is 24.0. The van der Waals surface area contributed by atoms with Gasteiger partial charge >= 0.3 is 0 Å². The van der Waals surface area contributed by atoms with E-state index < -0.39 is 15.3 Å². The van der Waals surface area contributed by atoms with Crippen LogP contribution in [0.2, 0.25) is 0 Å². The van der Waals surface area contributed by atoms with E-state index in [2.05, 4.69) is 28.3 Å². The van der Waals surface area contributed by atoms with Crippen molar-refractivity contribution < 1.29 is 17.7 Å². The molecule has 2 aliphatic carbocycles. The van der Waals surface area contributed by atoms with Crippen LogP contribution < -0.4 is 4.90 Å². The van der Waals surface area contributed by atoms with Gasteiger partial charge in [-0.1, -0.05) is 30.1 Å². The molecule has 1 aromatic carbocycles. The minimum Gasteiger partial charge on any atom is -0.369 e. The van der Waals surface area contributed by atoms with Crippen molar-refractivity contribution in [3.63, 3.8) is 0 Å². The summed E-state index contributed by atoms with van der Waals surface area (Å²) in [6, 6.07) is 12.4. The Kier molecular flexibility index (Phi) is 6.60. The topological polar surface area (TPSA) is 117 Å². The van der Waals surface area contributed by atoms with Crippen LogP contribution in [0.3, 0.4) is 0 Å². The zero-order valence-corrected chi connectivity index (χ0v) is 22.8. The quantitative estimate of drug-likeness (QED) is 0.392. The summed E-state index contributed by atoms with van der Waals surface area (Å²) in [6.45, 7) is 1.000. The van der Waals surface area contributed by atoms with Crippen LogP contribution >= 0.6 is 11.3 Å². The van der Waals surface area contributed by atoms with Gasteiger partial charge in [-0.2, -0.15) is 5.26 Å². The van der Waals surface area contributed by atoms with Crippen LogP contribution in [0, 0.1) is 22.7 Å². The maximum atomic E-state index is 13.5. The lowest BCUT2D eigenvalue weighted by Gasteiger charge is -2.31. The number of benzene rings is 1. The number of hydrogen-bond acceptors (Lipinski definition) is 9. The lowest BCUT2D eigenvalue weighted by molar-refractivity contribution is -0.125. The number of ketones is 1. The van der Waals surface area contributed by atoms with E-state index in [0.717, 1.165) is 65.4 Å². The molecular formula is C28H30N4O4S2. The first-order valence-electron chi connectivity index (χ1n) is 13.3. The molecular weight excluding hydrogens is 520 g/mol. The van der Waals surface area contributed by atoms with Gasteiger partial charge in [0.05, 0.1) is 33.6 Å². The first kappa shape index (κ1) is 25.3. The number of nitrogens with zero attached hydrogens (tertiary/aromatic N) is 4. The van der Waals surface area contributed by atoms with Gasteiger partial charge in [0.25, 0.3) is 0 Å². The highest BCUT2D eigenvalue weighted by Crippen LogP contribution is 2.51. The number of carbonyl (C=O) groups excluding carboxylic acids is 1. The summed E-state index contributed by atoms with van der Waals surface area (Å²) in [5.74, 6) is 0.434. The van der Waals surface area contributed by atoms with Gasteiger partial charge in [-0.15, -0.1) is 11.3 Å². The molecule has 0 N–H and O–H groups in total. The Morgan fingerprint density at radius 3 is 2.53 bits per heavy atom. The lowest BCUT2D eigenvalue weighted by Crippen LogP contribution is -2.40. The molecule has 0 unspecified atom stereocenters. The zero-order chi connectivity index (χ0) is 26.3. The molecule has 2 atom stereocenters. The molecule has 1 aliphatic heterocycles. The third-order valence-electron chi connectivity index (χ3n) is 8.28. The van der Waals surface area contributed by atoms with Gasteiger partial charge in [-0.3, -0.25) is 4.79 Å². The van der Waals surface area contributed by atoms with Gasteiger partial charge in [0, 0.05) is 43.1 Å². The van der Waals surface area contributed by atoms with E-state index in [-0.39, 0.29) is 29.1 Å². The minimum atomic E-state index is -2.94. The van der Waals surface area contributed by atoms with Crippen molar-refractivity contribution in [3.8, 4) is 27.2 Å². The molecule has 6 rings (SSSR count). The van der Waals surface area contributed by atoms with E-state index in [1.54, 1.807) is 17.4 Å². The molecule has 2 saturated carbocycles. The molecule has 3 aromatic rings. The van der Waals surface area contributed by atoms with Crippen molar-refractivity contribution in [2.24, 2.45) is 11.3 Å². The van der Waals surface area contributed by atoms with E-state index in [4.69, 9.17) is 9.51 Å². The molecule has 0 amide bonds. The van der Waals surface area contributed by atoms with Crippen LogP contribution in [-0.2, 0) is 14.6 Å². The molecule has 3 heterocycles. The van der Waals surface area contributed by atoms with Crippen LogP contribution in [0.4, 0.5) is 5.69 Å². The summed E-state index contributed by atoms with van der Waals surface area (Å²) in [5.41, 5.74) is 3.19. The number of aromatic nitrogens is 2. The fraction of sp³-hybridized carbons (Fsp3) is 0.500. The highest BCUT2D eigenvalue weighted by atomic mass is 32.2. The minimum absolute atomic E-state index is 0.00428. The van der Waals surface area contributed by atoms with E-state index in [9.17, 15) is 18.5 Å². The van der Waals surface area contributed by atoms with Crippen molar-refractivity contribution in [1.29, 1.82) is 5.26 Å². The van der Waals surface area contributed by atoms with Gasteiger partial charge in [-0.05, 0) is 43.4 Å². The van der Waals surface area contributed by atoms with E-state index in [1.807, 2.05) is 12.1 Å². The van der Waals surface area contributed by atoms with Gasteiger partial charge < -0.3 is 9.42 Å². The third kappa shape index (κ3) is 5.02. The summed E-state index contributed by atoms with van der Waals surface area (Å²) in [6.07, 6.45) is 7.31. The monoisotopic (exact) mass is 550 g/mol. The number of nitriles is 1. The standard InChI is InChI=1S/C28H30N4O4S2/c29-18-28(10-11-28)17-24(33)21-3-1-2-4-22(21)25-26(37-27(30-25)23-9-14-36-31-23)19-5-7-20(8-6-19)32-12-15-38(34,35)16-13-32/h5-9,14,21-22H,1-4,10-13,15-17H2/t21-,22-/m1/s1. The zero-order valence-electron chi connectivity index (χ0n) is 21.1. The molecule has 38 heavy (non-hydrogen) atoms. The molecule has 1 saturated heterocycles. The highest BCUT2D eigenvalue weighted by Gasteiger charge is 2.47. The fourth-order valence-corrected chi connectivity index (χ4v) is 8.11. The summed E-state index contributed by atoms with van der Waals surface area (Å²) in [7, 11) is -2.94. The number of sulfone groups is 1. The number of carbonyl (C=O) groups is 1. The average molecular weight is 551 g/mol. The molecule has 8 nitrogen and oxygen atoms in total. The second-order valence-corrected chi connectivity index (χ2v) is 14.1. The number of Topliss-reactive ketones (excluding diaryl/α,β-unsaturated/α-hetero) is 1. The highest BCUT2D eigenvalue weighted by molar-refractivity contribution is 7.91. The molecule has 3 fully saturated rings. The van der Waals surface area contributed by atoms with Crippen molar-refractivity contribution >= 4 is 32.6 Å². The molecule has 10 heteroatoms. The fourth-order valence-electron chi connectivity index (χ4n) is 5.80. The van der Waals surface area contributed by atoms with Gasteiger partial charge in [0.2, 0.25) is 0 Å². The number of hydrogen-bond donors (Lipinski definition) is 0. The maximum Gasteiger partial charge on any atom is 0.153 e. The first-order chi connectivity index (χ1) is 18.4. The van der Waals surface area contributed by atoms with Crippen molar-refractivity contribution in [2.45, 2.75) is 50.9 Å². The van der Waals surface area contributed by atoms with E-state index >= 15 is 0 Å². The Labute approximate surface area is 226 Å². The summed E-state index contributed by atoms with van der Waals surface area (Å²) in [5, 5.41) is 14.4. The van der Waals surface area contributed by atoms with Crippen molar-refractivity contribution in [1.82, 2.24) is 10.1 Å². The summed E-state index contributed by atoms with van der Waals surface area (Å²) < 4.78 is 28.8. The average Bonchev–Trinajstić information content (AvgIpc) is 3.30. The third-order valence-corrected chi connectivity index (χ3v) is 11.0. The van der Waals surface area contributed by atoms with E-state index in [1.165, 1.54) is 6.26 Å². The molecule has 0 spiro atoms. The van der Waals surface area contributed by atoms with Gasteiger partial charge in [-0.25, -0.2) is 13.4 Å². The van der Waals surface area contributed by atoms with Gasteiger partial charge in [0.15, 0.2) is 9.84 Å². The Bertz CT molecular complexity index is 1450. The molecule has 198 valence electrons. The van der Waals surface area contributed by atoms with Crippen molar-refractivity contribution in [2.75, 3.05) is 29.5 Å². The molecule has 0 radical (unpaired) electrons. The van der Waals surface area contributed by atoms with Crippen LogP contribution in [-0.4, -0.2) is 48.9 Å². The Morgan fingerprint density at radius 1 is 1.13 bits per heavy atom. The van der Waals surface area contributed by atoms with Gasteiger partial charge in [0.1, 0.15) is 22.7 Å². The second-order valence-electron chi connectivity index (χ2n) is 10.8. The number of rotatable bonds is 7. The van der Waals surface area contributed by atoms with Crippen LogP contribution in [0.25, 0.3) is 21.1 Å². The SMILES string of the molecule is N#CC1(CC(=O)[C@@H]2CCCC[C@H]2c2nc(-c3ccon3)sc2-c2ccc(N3CCS(=O)(=O)CC3)cc2)CC1. The summed E-state index contributed by atoms with van der Waals surface area (Å²) >= 11 is 1.56. The predicted octanol–water partition coefficient (Wildman–Crippen LogP) is 5.24. The number of anilines is 1. The largest absolute Gasteiger partial charge is 0.369 e. The van der Waals surface area contributed by atoms with Crippen molar-refractivity contribution in [3.05, 3.63) is 42.3 Å². The maximum absolute atomic E-state index is 13.5. The first-order valence-corrected chi connectivity index (χ1v) is 15.9. The molecule has 3 aliphatic rings. The predicted molar refractivity (Wildman–Crippen MR) is 146 cm³/mol. The second kappa shape index (κ2) is 9.93. The summed E-state index contributed by atoms with van der Waals surface area (Å²) in [4.78, 5) is 21.7.